The number of carbonyl (C=O) groups is 4. The van der Waals surface area contributed by atoms with Gasteiger partial charge in [0, 0.05) is 5.69 Å². The van der Waals surface area contributed by atoms with E-state index in [2.05, 4.69) is 0 Å². The summed E-state index contributed by atoms with van der Waals surface area (Å²) in [6.45, 7) is 2.52. The molecule has 20 heavy (non-hydrogen) atoms. The van der Waals surface area contributed by atoms with E-state index in [9.17, 15) is 19.2 Å². The van der Waals surface area contributed by atoms with Crippen LogP contribution in [0, 0.1) is 0 Å². The van der Waals surface area contributed by atoms with Gasteiger partial charge in [-0.05, 0) is 38.1 Å². The van der Waals surface area contributed by atoms with E-state index in [-0.39, 0.29) is 17.3 Å². The molecule has 0 aromatic heterocycles. The van der Waals surface area contributed by atoms with Crippen LogP contribution in [-0.2, 0) is 19.2 Å². The standard InChI is InChI=1S/C14H16N2O4/c1-9(17)7-13(19)16(14(20)8-10(2)18)12-5-3-11(15)4-6-12/h3-6H,7-8,15H2,1-2H3. The van der Waals surface area contributed by atoms with Crippen LogP contribution in [-0.4, -0.2) is 23.4 Å². The van der Waals surface area contributed by atoms with Gasteiger partial charge >= 0.3 is 0 Å². The average molecular weight is 276 g/mol. The molecule has 2 N–H and O–H groups in total. The molecule has 0 saturated carbocycles. The lowest BCUT2D eigenvalue weighted by Crippen LogP contribution is -2.38. The van der Waals surface area contributed by atoms with Gasteiger partial charge in [0.25, 0.3) is 0 Å². The molecular formula is C14H16N2O4. The number of imide groups is 1. The highest BCUT2D eigenvalue weighted by molar-refractivity contribution is 6.21. The second kappa shape index (κ2) is 6.60. The number of ketones is 2. The number of amides is 2. The van der Waals surface area contributed by atoms with Crippen LogP contribution < -0.4 is 10.6 Å². The van der Waals surface area contributed by atoms with E-state index in [0.29, 0.717) is 5.69 Å². The summed E-state index contributed by atoms with van der Waals surface area (Å²) < 4.78 is 0. The number of carbonyl (C=O) groups excluding carboxylic acids is 4. The molecule has 0 radical (unpaired) electrons. The van der Waals surface area contributed by atoms with Crippen molar-refractivity contribution in [2.75, 3.05) is 10.6 Å². The van der Waals surface area contributed by atoms with Gasteiger partial charge < -0.3 is 5.73 Å². The Bertz CT molecular complexity index is 521. The van der Waals surface area contributed by atoms with Crippen molar-refractivity contribution in [3.63, 3.8) is 0 Å². The summed E-state index contributed by atoms with van der Waals surface area (Å²) >= 11 is 0. The van der Waals surface area contributed by atoms with Crippen LogP contribution in [0.3, 0.4) is 0 Å². The van der Waals surface area contributed by atoms with Gasteiger partial charge in [-0.15, -0.1) is 0 Å². The summed E-state index contributed by atoms with van der Waals surface area (Å²) in [5.41, 5.74) is 6.31. The van der Waals surface area contributed by atoms with E-state index in [4.69, 9.17) is 5.73 Å². The van der Waals surface area contributed by atoms with Crippen LogP contribution in [0.5, 0.6) is 0 Å². The molecule has 6 nitrogen and oxygen atoms in total. The minimum Gasteiger partial charge on any atom is -0.399 e. The summed E-state index contributed by atoms with van der Waals surface area (Å²) in [7, 11) is 0. The van der Waals surface area contributed by atoms with Crippen LogP contribution in [0.1, 0.15) is 26.7 Å². The number of nitrogen functional groups attached to an aromatic ring is 1. The Morgan fingerprint density at radius 3 is 1.65 bits per heavy atom. The number of hydrogen-bond donors (Lipinski definition) is 1. The van der Waals surface area contributed by atoms with Crippen molar-refractivity contribution in [3.05, 3.63) is 24.3 Å². The van der Waals surface area contributed by atoms with Gasteiger partial charge in [-0.25, -0.2) is 4.90 Å². The van der Waals surface area contributed by atoms with Crippen molar-refractivity contribution in [1.29, 1.82) is 0 Å². The molecule has 0 aliphatic heterocycles. The number of hydrogen-bond acceptors (Lipinski definition) is 5. The Morgan fingerprint density at radius 1 is 0.900 bits per heavy atom. The molecule has 0 heterocycles. The van der Waals surface area contributed by atoms with Crippen LogP contribution in [0.4, 0.5) is 11.4 Å². The number of nitrogens with two attached hydrogens (primary N) is 1. The molecular weight excluding hydrogens is 260 g/mol. The molecule has 0 saturated heterocycles. The molecule has 1 rings (SSSR count). The van der Waals surface area contributed by atoms with Gasteiger partial charge in [0.1, 0.15) is 11.6 Å². The summed E-state index contributed by atoms with van der Waals surface area (Å²) in [4.78, 5) is 46.9. The first-order chi connectivity index (χ1) is 9.31. The first-order valence-electron chi connectivity index (χ1n) is 6.01. The predicted molar refractivity (Wildman–Crippen MR) is 73.9 cm³/mol. The van der Waals surface area contributed by atoms with Gasteiger partial charge in [-0.2, -0.15) is 0 Å². The molecule has 0 spiro atoms. The highest BCUT2D eigenvalue weighted by Gasteiger charge is 2.25. The van der Waals surface area contributed by atoms with Crippen LogP contribution in [0.2, 0.25) is 0 Å². The van der Waals surface area contributed by atoms with E-state index in [1.165, 1.54) is 38.1 Å². The van der Waals surface area contributed by atoms with E-state index < -0.39 is 24.7 Å². The smallest absolute Gasteiger partial charge is 0.241 e. The van der Waals surface area contributed by atoms with Gasteiger partial charge in [0.15, 0.2) is 0 Å². The third-order valence-electron chi connectivity index (χ3n) is 2.45. The summed E-state index contributed by atoms with van der Waals surface area (Å²) in [5.74, 6) is -2.03. The lowest BCUT2D eigenvalue weighted by molar-refractivity contribution is -0.130. The van der Waals surface area contributed by atoms with Gasteiger partial charge in [0.05, 0.1) is 18.5 Å². The zero-order valence-corrected chi connectivity index (χ0v) is 11.4. The quantitative estimate of drug-likeness (QED) is 0.641. The zero-order chi connectivity index (χ0) is 15.3. The minimum atomic E-state index is -0.659. The normalized spacial score (nSPS) is 9.90. The molecule has 1 aromatic rings. The first-order valence-corrected chi connectivity index (χ1v) is 6.01. The van der Waals surface area contributed by atoms with Gasteiger partial charge in [0.2, 0.25) is 11.8 Å². The Kier molecular flexibility index (Phi) is 5.14. The SMILES string of the molecule is CC(=O)CC(=O)N(C(=O)CC(C)=O)c1ccc(N)cc1. The van der Waals surface area contributed by atoms with Crippen molar-refractivity contribution in [2.24, 2.45) is 0 Å². The molecule has 2 amide bonds. The van der Waals surface area contributed by atoms with E-state index >= 15 is 0 Å². The molecule has 0 atom stereocenters. The molecule has 0 aliphatic rings. The summed E-state index contributed by atoms with van der Waals surface area (Å²) in [6, 6.07) is 6.05. The molecule has 0 unspecified atom stereocenters. The van der Waals surface area contributed by atoms with Crippen molar-refractivity contribution < 1.29 is 19.2 Å². The van der Waals surface area contributed by atoms with Gasteiger partial charge in [-0.1, -0.05) is 0 Å². The summed E-state index contributed by atoms with van der Waals surface area (Å²) in [5, 5.41) is 0. The van der Waals surface area contributed by atoms with Crippen molar-refractivity contribution in [2.45, 2.75) is 26.7 Å². The predicted octanol–water partition coefficient (Wildman–Crippen LogP) is 1.09. The molecule has 106 valence electrons. The topological polar surface area (TPSA) is 97.5 Å². The lowest BCUT2D eigenvalue weighted by atomic mass is 10.2. The fourth-order valence-corrected chi connectivity index (χ4v) is 1.63. The monoisotopic (exact) mass is 276 g/mol. The maximum absolute atomic E-state index is 12.0. The third kappa shape index (κ3) is 4.31. The van der Waals surface area contributed by atoms with Crippen LogP contribution >= 0.6 is 0 Å². The fourth-order valence-electron chi connectivity index (χ4n) is 1.63. The highest BCUT2D eigenvalue weighted by atomic mass is 16.2. The Labute approximate surface area is 116 Å². The summed E-state index contributed by atoms with van der Waals surface area (Å²) in [6.07, 6.45) is -0.790. The van der Waals surface area contributed by atoms with Crippen molar-refractivity contribution >= 4 is 34.8 Å². The molecule has 0 aliphatic carbocycles. The van der Waals surface area contributed by atoms with Crippen molar-refractivity contribution in [1.82, 2.24) is 0 Å². The largest absolute Gasteiger partial charge is 0.399 e. The number of benzene rings is 1. The molecule has 1 aromatic carbocycles. The minimum absolute atomic E-state index is 0.289. The van der Waals surface area contributed by atoms with E-state index in [1.807, 2.05) is 0 Å². The third-order valence-corrected chi connectivity index (χ3v) is 2.45. The van der Waals surface area contributed by atoms with Crippen molar-refractivity contribution in [3.8, 4) is 0 Å². The number of anilines is 2. The Balaban J connectivity index is 3.09. The Morgan fingerprint density at radius 2 is 1.30 bits per heavy atom. The van der Waals surface area contributed by atoms with E-state index in [0.717, 1.165) is 4.90 Å². The highest BCUT2D eigenvalue weighted by Crippen LogP contribution is 2.18. The average Bonchev–Trinajstić information content (AvgIpc) is 2.30. The fraction of sp³-hybridized carbons (Fsp3) is 0.286. The second-order valence-corrected chi connectivity index (χ2v) is 4.47. The number of Topliss-reactive ketones (excluding diaryl/α,β-unsaturated/α-hetero) is 2. The second-order valence-electron chi connectivity index (χ2n) is 4.47. The Hall–Kier alpha value is -2.50. The van der Waals surface area contributed by atoms with Crippen LogP contribution in [0.15, 0.2) is 24.3 Å². The molecule has 6 heteroatoms. The lowest BCUT2D eigenvalue weighted by Gasteiger charge is -2.20. The maximum Gasteiger partial charge on any atom is 0.241 e. The van der Waals surface area contributed by atoms with E-state index in [1.54, 1.807) is 0 Å². The van der Waals surface area contributed by atoms with Gasteiger partial charge in [-0.3, -0.25) is 19.2 Å². The van der Waals surface area contributed by atoms with Crippen LogP contribution in [0.25, 0.3) is 0 Å². The maximum atomic E-state index is 12.0. The first kappa shape index (κ1) is 15.6. The number of nitrogens with zero attached hydrogens (tertiary/aromatic N) is 1. The zero-order valence-electron chi connectivity index (χ0n) is 11.4. The molecule has 0 bridgehead atoms. The number of rotatable bonds is 5. The molecule has 0 fully saturated rings.